The van der Waals surface area contributed by atoms with Crippen LogP contribution in [0.25, 0.3) is 6.08 Å². The summed E-state index contributed by atoms with van der Waals surface area (Å²) in [6.45, 7) is 5.31. The molecule has 2 heterocycles. The van der Waals surface area contributed by atoms with Gasteiger partial charge < -0.3 is 9.64 Å². The first-order valence-electron chi connectivity index (χ1n) is 9.01. The van der Waals surface area contributed by atoms with Crippen LogP contribution >= 0.6 is 0 Å². The van der Waals surface area contributed by atoms with Gasteiger partial charge in [0.25, 0.3) is 6.23 Å². The summed E-state index contributed by atoms with van der Waals surface area (Å²) in [5.74, 6) is -0.173. The van der Waals surface area contributed by atoms with Crippen LogP contribution in [0.5, 0.6) is 0 Å². The van der Waals surface area contributed by atoms with E-state index in [0.29, 0.717) is 0 Å². The number of ether oxygens (including phenoxy) is 1. The van der Waals surface area contributed by atoms with Crippen LogP contribution in [0, 0.1) is 0 Å². The zero-order chi connectivity index (χ0) is 17.1. The molecule has 2 N–H and O–H groups in total. The number of carbonyl (C=O) groups excluding carboxylic acids is 1. The van der Waals surface area contributed by atoms with Gasteiger partial charge in [-0.05, 0) is 23.8 Å². The van der Waals surface area contributed by atoms with E-state index in [0.717, 1.165) is 43.9 Å². The molecule has 4 rings (SSSR count). The van der Waals surface area contributed by atoms with E-state index in [-0.39, 0.29) is 12.2 Å². The molecule has 25 heavy (non-hydrogen) atoms. The zero-order valence-electron chi connectivity index (χ0n) is 14.3. The highest BCUT2D eigenvalue weighted by atomic mass is 16.6. The van der Waals surface area contributed by atoms with Crippen LogP contribution < -0.4 is 9.80 Å². The van der Waals surface area contributed by atoms with Gasteiger partial charge >= 0.3 is 5.97 Å². The summed E-state index contributed by atoms with van der Waals surface area (Å²) in [5.41, 5.74) is 3.04. The molecule has 128 valence electrons. The smallest absolute Gasteiger partial charge is 0.343 e. The van der Waals surface area contributed by atoms with E-state index >= 15 is 0 Å². The fourth-order valence-electron chi connectivity index (χ4n) is 3.77. The van der Waals surface area contributed by atoms with Crippen molar-refractivity contribution in [2.24, 2.45) is 0 Å². The van der Waals surface area contributed by atoms with Crippen molar-refractivity contribution < 1.29 is 19.3 Å². The lowest BCUT2D eigenvalue weighted by Crippen LogP contribution is -3.28. The summed E-state index contributed by atoms with van der Waals surface area (Å²) in [7, 11) is 0. The first kappa shape index (κ1) is 16.1. The van der Waals surface area contributed by atoms with Gasteiger partial charge in [-0.3, -0.25) is 4.90 Å². The minimum Gasteiger partial charge on any atom is -0.404 e. The maximum absolute atomic E-state index is 12.0. The third kappa shape index (κ3) is 3.50. The molecule has 0 aliphatic carbocycles. The van der Waals surface area contributed by atoms with E-state index in [4.69, 9.17) is 4.74 Å². The molecule has 0 saturated carbocycles. The van der Waals surface area contributed by atoms with Gasteiger partial charge in [0, 0.05) is 0 Å². The van der Waals surface area contributed by atoms with Gasteiger partial charge in [0.05, 0.1) is 17.7 Å². The molecule has 1 fully saturated rings. The SMILES string of the molecule is O=C1OC([NH+]2CC[NH+](CC=Cc3ccccc3)CC2)c2ccccc21. The van der Waals surface area contributed by atoms with Gasteiger partial charge in [-0.25, -0.2) is 4.79 Å². The Morgan fingerprint density at radius 1 is 0.960 bits per heavy atom. The zero-order valence-corrected chi connectivity index (χ0v) is 14.3. The topological polar surface area (TPSA) is 35.2 Å². The highest BCUT2D eigenvalue weighted by Crippen LogP contribution is 2.25. The Hall–Kier alpha value is -2.43. The van der Waals surface area contributed by atoms with Gasteiger partial charge in [0.1, 0.15) is 26.2 Å². The van der Waals surface area contributed by atoms with Crippen molar-refractivity contribution in [1.29, 1.82) is 0 Å². The van der Waals surface area contributed by atoms with Crippen LogP contribution in [0.15, 0.2) is 60.7 Å². The number of rotatable bonds is 4. The van der Waals surface area contributed by atoms with E-state index in [9.17, 15) is 4.79 Å². The summed E-state index contributed by atoms with van der Waals surface area (Å²) in [6.07, 6.45) is 4.34. The number of carbonyl (C=O) groups is 1. The largest absolute Gasteiger partial charge is 0.404 e. The number of hydrogen-bond acceptors (Lipinski definition) is 2. The minimum absolute atomic E-state index is 0.120. The van der Waals surface area contributed by atoms with Crippen LogP contribution in [0.3, 0.4) is 0 Å². The molecule has 0 amide bonds. The lowest BCUT2D eigenvalue weighted by molar-refractivity contribution is -1.03. The number of esters is 1. The molecular formula is C21H24N2O2+2. The highest BCUT2D eigenvalue weighted by Gasteiger charge is 2.40. The number of cyclic esters (lactones) is 1. The number of hydrogen-bond donors (Lipinski definition) is 2. The maximum atomic E-state index is 12.0. The lowest BCUT2D eigenvalue weighted by Gasteiger charge is -2.31. The summed E-state index contributed by atoms with van der Waals surface area (Å²) in [6, 6.07) is 18.2. The normalized spacial score (nSPS) is 25.8. The van der Waals surface area contributed by atoms with Crippen molar-refractivity contribution in [3.8, 4) is 0 Å². The van der Waals surface area contributed by atoms with Crippen LogP contribution in [-0.2, 0) is 4.74 Å². The van der Waals surface area contributed by atoms with Crippen molar-refractivity contribution in [2.75, 3.05) is 32.7 Å². The molecule has 1 saturated heterocycles. The Balaban J connectivity index is 1.32. The molecule has 2 aromatic carbocycles. The van der Waals surface area contributed by atoms with Gasteiger partial charge in [-0.1, -0.05) is 48.5 Å². The second-order valence-corrected chi connectivity index (χ2v) is 6.80. The van der Waals surface area contributed by atoms with Crippen molar-refractivity contribution in [2.45, 2.75) is 6.23 Å². The number of nitrogens with one attached hydrogen (secondary N) is 2. The second-order valence-electron chi connectivity index (χ2n) is 6.80. The Morgan fingerprint density at radius 3 is 2.48 bits per heavy atom. The van der Waals surface area contributed by atoms with Gasteiger partial charge in [0.15, 0.2) is 0 Å². The molecular weight excluding hydrogens is 312 g/mol. The van der Waals surface area contributed by atoms with Crippen molar-refractivity contribution in [1.82, 2.24) is 0 Å². The van der Waals surface area contributed by atoms with Gasteiger partial charge in [-0.2, -0.15) is 0 Å². The molecule has 2 aliphatic rings. The summed E-state index contributed by atoms with van der Waals surface area (Å²) >= 11 is 0. The van der Waals surface area contributed by atoms with Gasteiger partial charge in [-0.15, -0.1) is 0 Å². The van der Waals surface area contributed by atoms with Crippen molar-refractivity contribution in [3.63, 3.8) is 0 Å². The first-order valence-corrected chi connectivity index (χ1v) is 9.01. The minimum atomic E-state index is -0.173. The molecule has 4 nitrogen and oxygen atoms in total. The molecule has 1 unspecified atom stereocenters. The third-order valence-corrected chi connectivity index (χ3v) is 5.17. The highest BCUT2D eigenvalue weighted by molar-refractivity contribution is 5.93. The first-order chi connectivity index (χ1) is 12.3. The molecule has 0 bridgehead atoms. The number of quaternary nitrogens is 2. The Morgan fingerprint density at radius 2 is 1.68 bits per heavy atom. The average Bonchev–Trinajstić information content (AvgIpc) is 3.00. The number of benzene rings is 2. The Kier molecular flexibility index (Phi) is 4.63. The quantitative estimate of drug-likeness (QED) is 0.791. The summed E-state index contributed by atoms with van der Waals surface area (Å²) < 4.78 is 5.65. The number of piperazine rings is 1. The predicted molar refractivity (Wildman–Crippen MR) is 96.3 cm³/mol. The van der Waals surface area contributed by atoms with Crippen LogP contribution in [-0.4, -0.2) is 38.7 Å². The van der Waals surface area contributed by atoms with E-state index in [1.54, 1.807) is 4.90 Å². The molecule has 1 atom stereocenters. The predicted octanol–water partition coefficient (Wildman–Crippen LogP) is 0.352. The van der Waals surface area contributed by atoms with E-state index in [1.165, 1.54) is 10.5 Å². The molecule has 0 radical (unpaired) electrons. The van der Waals surface area contributed by atoms with Crippen LogP contribution in [0.2, 0.25) is 0 Å². The maximum Gasteiger partial charge on any atom is 0.343 e. The van der Waals surface area contributed by atoms with Gasteiger partial charge in [0.2, 0.25) is 0 Å². The summed E-state index contributed by atoms with van der Waals surface area (Å²) in [4.78, 5) is 15.0. The third-order valence-electron chi connectivity index (χ3n) is 5.17. The number of fused-ring (bicyclic) bond motifs is 1. The molecule has 0 spiro atoms. The van der Waals surface area contributed by atoms with Crippen molar-refractivity contribution in [3.05, 3.63) is 77.4 Å². The Bertz CT molecular complexity index is 764. The van der Waals surface area contributed by atoms with Crippen LogP contribution in [0.1, 0.15) is 27.7 Å². The van der Waals surface area contributed by atoms with Crippen molar-refractivity contribution >= 4 is 12.0 Å². The lowest BCUT2D eigenvalue weighted by atomic mass is 10.1. The fraction of sp³-hybridized carbons (Fsp3) is 0.286. The molecule has 2 aliphatic heterocycles. The van der Waals surface area contributed by atoms with E-state index < -0.39 is 0 Å². The monoisotopic (exact) mass is 336 g/mol. The second kappa shape index (κ2) is 7.21. The molecule has 0 aromatic heterocycles. The standard InChI is InChI=1S/C21H22N2O2/c24-21-19-11-5-4-10-18(19)20(25-21)23-15-13-22(14-16-23)12-6-9-17-7-2-1-3-8-17/h1-11,20H,12-16H2/p+2. The van der Waals surface area contributed by atoms with Crippen LogP contribution in [0.4, 0.5) is 0 Å². The van der Waals surface area contributed by atoms with E-state index in [1.807, 2.05) is 30.3 Å². The average molecular weight is 336 g/mol. The molecule has 2 aromatic rings. The summed E-state index contributed by atoms with van der Waals surface area (Å²) in [5, 5.41) is 0. The fourth-order valence-corrected chi connectivity index (χ4v) is 3.77. The molecule has 4 heteroatoms. The van der Waals surface area contributed by atoms with E-state index in [2.05, 4.69) is 36.4 Å². The Labute approximate surface area is 148 Å².